The number of nitro benzene ring substituents is 1. The van der Waals surface area contributed by atoms with Crippen LogP contribution in [0.25, 0.3) is 6.08 Å². The van der Waals surface area contributed by atoms with Crippen molar-refractivity contribution < 1.29 is 33.6 Å². The summed E-state index contributed by atoms with van der Waals surface area (Å²) < 4.78 is 10.1. The van der Waals surface area contributed by atoms with Gasteiger partial charge in [0.05, 0.1) is 22.0 Å². The van der Waals surface area contributed by atoms with Gasteiger partial charge < -0.3 is 9.47 Å². The lowest BCUT2D eigenvalue weighted by Crippen LogP contribution is -2.34. The van der Waals surface area contributed by atoms with E-state index in [2.05, 4.69) is 0 Å². The van der Waals surface area contributed by atoms with Crippen LogP contribution in [0.2, 0.25) is 0 Å². The first-order valence-corrected chi connectivity index (χ1v) is 10.1. The van der Waals surface area contributed by atoms with Crippen molar-refractivity contribution in [3.63, 3.8) is 0 Å². The molecule has 1 heterocycles. The molecule has 0 N–H and O–H groups in total. The Bertz CT molecular complexity index is 1130. The van der Waals surface area contributed by atoms with Gasteiger partial charge in [-0.15, -0.1) is 0 Å². The largest absolute Gasteiger partial charge is 0.465 e. The molecule has 2 aromatic rings. The van der Waals surface area contributed by atoms with Crippen LogP contribution in [0, 0.1) is 10.1 Å². The Hall–Kier alpha value is -3.99. The van der Waals surface area contributed by atoms with Crippen LogP contribution in [0.4, 0.5) is 10.5 Å². The fraction of sp³-hybridized carbons (Fsp3) is 0.143. The zero-order chi connectivity index (χ0) is 23.3. The summed E-state index contributed by atoms with van der Waals surface area (Å²) >= 11 is 0.685. The molecule has 0 atom stereocenters. The normalized spacial score (nSPS) is 14.5. The van der Waals surface area contributed by atoms with Crippen molar-refractivity contribution in [3.8, 4) is 5.75 Å². The summed E-state index contributed by atoms with van der Waals surface area (Å²) in [5, 5.41) is 10.1. The fourth-order valence-corrected chi connectivity index (χ4v) is 3.51. The highest BCUT2D eigenvalue weighted by atomic mass is 32.2. The van der Waals surface area contributed by atoms with Gasteiger partial charge in [-0.1, -0.05) is 12.1 Å². The molecule has 1 aliphatic rings. The van der Waals surface area contributed by atoms with E-state index in [0.29, 0.717) is 17.3 Å². The highest BCUT2D eigenvalue weighted by Crippen LogP contribution is 2.32. The molecule has 32 heavy (non-hydrogen) atoms. The molecule has 0 unspecified atom stereocenters. The molecular weight excluding hydrogens is 440 g/mol. The van der Waals surface area contributed by atoms with Gasteiger partial charge in [-0.3, -0.25) is 29.4 Å². The summed E-state index contributed by atoms with van der Waals surface area (Å²) in [6.45, 7) is 1.28. The Labute approximate surface area is 185 Å². The second-order valence-electron chi connectivity index (χ2n) is 6.34. The van der Waals surface area contributed by atoms with E-state index in [1.54, 1.807) is 19.1 Å². The molecule has 0 aromatic heterocycles. The number of nitrogens with zero attached hydrogens (tertiary/aromatic N) is 2. The number of esters is 2. The molecule has 0 bridgehead atoms. The highest BCUT2D eigenvalue weighted by Gasteiger charge is 2.36. The number of imide groups is 1. The number of hydrogen-bond acceptors (Lipinski definition) is 9. The van der Waals surface area contributed by atoms with Crippen LogP contribution in [0.3, 0.4) is 0 Å². The van der Waals surface area contributed by atoms with Crippen molar-refractivity contribution in [2.75, 3.05) is 13.2 Å². The highest BCUT2D eigenvalue weighted by molar-refractivity contribution is 8.18. The zero-order valence-corrected chi connectivity index (χ0v) is 17.5. The van der Waals surface area contributed by atoms with Gasteiger partial charge in [0.1, 0.15) is 12.3 Å². The zero-order valence-electron chi connectivity index (χ0n) is 16.7. The van der Waals surface area contributed by atoms with Crippen molar-refractivity contribution in [1.82, 2.24) is 4.90 Å². The molecule has 11 heteroatoms. The van der Waals surface area contributed by atoms with Crippen LogP contribution in [0.1, 0.15) is 22.8 Å². The molecule has 2 amide bonds. The van der Waals surface area contributed by atoms with E-state index in [0.717, 1.165) is 4.90 Å². The van der Waals surface area contributed by atoms with E-state index in [4.69, 9.17) is 9.47 Å². The van der Waals surface area contributed by atoms with Gasteiger partial charge in [0.2, 0.25) is 0 Å². The third kappa shape index (κ3) is 5.38. The SMILES string of the molecule is CCOC(=O)CN1C(=O)S/C(=C\c2cccc(OC(=O)c3ccc([N+](=O)[O-])cc3)c2)C1=O. The number of amides is 2. The topological polar surface area (TPSA) is 133 Å². The number of carbonyl (C=O) groups excluding carboxylic acids is 4. The molecule has 0 spiro atoms. The van der Waals surface area contributed by atoms with Crippen LogP contribution in [-0.2, 0) is 14.3 Å². The summed E-state index contributed by atoms with van der Waals surface area (Å²) in [6.07, 6.45) is 1.44. The van der Waals surface area contributed by atoms with Crippen molar-refractivity contribution in [1.29, 1.82) is 0 Å². The Morgan fingerprint density at radius 1 is 1.16 bits per heavy atom. The van der Waals surface area contributed by atoms with Crippen LogP contribution in [0.15, 0.2) is 53.4 Å². The van der Waals surface area contributed by atoms with Crippen molar-refractivity contribution in [2.24, 2.45) is 0 Å². The molecule has 1 saturated heterocycles. The first-order valence-electron chi connectivity index (χ1n) is 9.26. The first kappa shape index (κ1) is 22.7. The molecule has 0 radical (unpaired) electrons. The van der Waals surface area contributed by atoms with Gasteiger partial charge in [-0.25, -0.2) is 4.79 Å². The van der Waals surface area contributed by atoms with Crippen molar-refractivity contribution in [2.45, 2.75) is 6.92 Å². The molecule has 0 saturated carbocycles. The molecule has 2 aromatic carbocycles. The summed E-state index contributed by atoms with van der Waals surface area (Å²) in [4.78, 5) is 59.4. The van der Waals surface area contributed by atoms with Crippen molar-refractivity contribution >= 4 is 46.6 Å². The van der Waals surface area contributed by atoms with Crippen molar-refractivity contribution in [3.05, 3.63) is 74.7 Å². The van der Waals surface area contributed by atoms with Crippen LogP contribution in [-0.4, -0.2) is 46.1 Å². The summed E-state index contributed by atoms with van der Waals surface area (Å²) in [6, 6.07) is 11.2. The third-order valence-corrected chi connectivity index (χ3v) is 5.05. The van der Waals surface area contributed by atoms with E-state index >= 15 is 0 Å². The summed E-state index contributed by atoms with van der Waals surface area (Å²) in [5.74, 6) is -1.85. The average molecular weight is 456 g/mol. The molecule has 3 rings (SSSR count). The second kappa shape index (κ2) is 9.88. The minimum atomic E-state index is -0.716. The maximum Gasteiger partial charge on any atom is 0.343 e. The quantitative estimate of drug-likeness (QED) is 0.202. The minimum Gasteiger partial charge on any atom is -0.465 e. The lowest BCUT2D eigenvalue weighted by molar-refractivity contribution is -0.384. The Morgan fingerprint density at radius 2 is 1.88 bits per heavy atom. The summed E-state index contributed by atoms with van der Waals surface area (Å²) in [7, 11) is 0. The average Bonchev–Trinajstić information content (AvgIpc) is 3.01. The van der Waals surface area contributed by atoms with Gasteiger partial charge in [-0.05, 0) is 54.6 Å². The molecular formula is C21H16N2O8S. The number of non-ortho nitro benzene ring substituents is 1. The monoisotopic (exact) mass is 456 g/mol. The molecule has 1 aliphatic heterocycles. The molecule has 0 aliphatic carbocycles. The maximum atomic E-state index is 12.5. The van der Waals surface area contributed by atoms with Gasteiger partial charge in [0.15, 0.2) is 0 Å². The Morgan fingerprint density at radius 3 is 2.53 bits per heavy atom. The number of thioether (sulfide) groups is 1. The number of rotatable bonds is 7. The number of nitro groups is 1. The van der Waals surface area contributed by atoms with Crippen LogP contribution in [0.5, 0.6) is 5.75 Å². The molecule has 164 valence electrons. The van der Waals surface area contributed by atoms with E-state index in [1.807, 2.05) is 0 Å². The lowest BCUT2D eigenvalue weighted by Gasteiger charge is -2.10. The third-order valence-electron chi connectivity index (χ3n) is 4.15. The standard InChI is InChI=1S/C21H16N2O8S/c1-2-30-18(24)12-22-19(25)17(32-21(22)27)11-13-4-3-5-16(10-13)31-20(26)14-6-8-15(9-7-14)23(28)29/h3-11H,2,12H2,1H3/b17-11-. The number of carbonyl (C=O) groups is 4. The lowest BCUT2D eigenvalue weighted by atomic mass is 10.2. The van der Waals surface area contributed by atoms with E-state index in [-0.39, 0.29) is 28.5 Å². The van der Waals surface area contributed by atoms with E-state index in [1.165, 1.54) is 42.5 Å². The molecule has 1 fully saturated rings. The first-order chi connectivity index (χ1) is 15.3. The van der Waals surface area contributed by atoms with Gasteiger partial charge in [0, 0.05) is 12.1 Å². The predicted molar refractivity (Wildman–Crippen MR) is 114 cm³/mol. The number of benzene rings is 2. The van der Waals surface area contributed by atoms with Gasteiger partial charge >= 0.3 is 11.9 Å². The van der Waals surface area contributed by atoms with E-state index in [9.17, 15) is 29.3 Å². The maximum absolute atomic E-state index is 12.5. The minimum absolute atomic E-state index is 0.109. The Balaban J connectivity index is 1.72. The fourth-order valence-electron chi connectivity index (χ4n) is 2.68. The van der Waals surface area contributed by atoms with Gasteiger partial charge in [0.25, 0.3) is 16.8 Å². The second-order valence-corrected chi connectivity index (χ2v) is 7.33. The predicted octanol–water partition coefficient (Wildman–Crippen LogP) is 3.41. The molecule has 10 nitrogen and oxygen atoms in total. The van der Waals surface area contributed by atoms with Crippen LogP contribution >= 0.6 is 11.8 Å². The van der Waals surface area contributed by atoms with Crippen LogP contribution < -0.4 is 4.74 Å². The smallest absolute Gasteiger partial charge is 0.343 e. The summed E-state index contributed by atoms with van der Waals surface area (Å²) in [5.41, 5.74) is 0.460. The number of ether oxygens (including phenoxy) is 2. The Kier molecular flexibility index (Phi) is 7.00. The van der Waals surface area contributed by atoms with E-state index < -0.39 is 34.6 Å². The number of hydrogen-bond donors (Lipinski definition) is 0. The van der Waals surface area contributed by atoms with Gasteiger partial charge in [-0.2, -0.15) is 0 Å².